The summed E-state index contributed by atoms with van der Waals surface area (Å²) in [4.78, 5) is 27.0. The summed E-state index contributed by atoms with van der Waals surface area (Å²) in [6.45, 7) is 4.95. The minimum atomic E-state index is -0.0737. The van der Waals surface area contributed by atoms with Crippen LogP contribution >= 0.6 is 11.8 Å². The molecule has 29 heavy (non-hydrogen) atoms. The van der Waals surface area contributed by atoms with Crippen molar-refractivity contribution >= 4 is 17.7 Å². The summed E-state index contributed by atoms with van der Waals surface area (Å²) in [5, 5.41) is 4.57. The van der Waals surface area contributed by atoms with E-state index in [1.165, 1.54) is 10.2 Å². The lowest BCUT2D eigenvalue weighted by molar-refractivity contribution is -0.129. The van der Waals surface area contributed by atoms with Crippen LogP contribution in [0.1, 0.15) is 37.1 Å². The van der Waals surface area contributed by atoms with Crippen molar-refractivity contribution in [2.45, 2.75) is 44.5 Å². The molecule has 1 aromatic heterocycles. The standard InChI is InChI=1S/C21H30N4O3S/c1-3-24-20(22-25(21(24)27)13-14-28-2)18-9-11-23(12-10-18)19(26)16-29-15-17-7-5-4-6-8-17/h4-8,18H,3,9-16H2,1-2H3. The van der Waals surface area contributed by atoms with Gasteiger partial charge in [0.2, 0.25) is 5.91 Å². The monoisotopic (exact) mass is 418 g/mol. The summed E-state index contributed by atoms with van der Waals surface area (Å²) < 4.78 is 8.33. The molecule has 0 spiro atoms. The summed E-state index contributed by atoms with van der Waals surface area (Å²) in [5.74, 6) is 2.62. The third-order valence-corrected chi connectivity index (χ3v) is 6.31. The van der Waals surface area contributed by atoms with Gasteiger partial charge in [-0.1, -0.05) is 30.3 Å². The smallest absolute Gasteiger partial charge is 0.345 e. The fourth-order valence-corrected chi connectivity index (χ4v) is 4.58. The van der Waals surface area contributed by atoms with Gasteiger partial charge in [0.1, 0.15) is 5.82 Å². The van der Waals surface area contributed by atoms with Crippen LogP contribution in [0.5, 0.6) is 0 Å². The highest BCUT2D eigenvalue weighted by Gasteiger charge is 2.28. The van der Waals surface area contributed by atoms with Gasteiger partial charge < -0.3 is 9.64 Å². The second kappa shape index (κ2) is 10.6. The van der Waals surface area contributed by atoms with E-state index in [0.29, 0.717) is 25.4 Å². The first kappa shape index (κ1) is 21.6. The Morgan fingerprint density at radius 3 is 2.62 bits per heavy atom. The maximum Gasteiger partial charge on any atom is 0.345 e. The van der Waals surface area contributed by atoms with Gasteiger partial charge in [-0.05, 0) is 25.3 Å². The van der Waals surface area contributed by atoms with Crippen LogP contribution in [0, 0.1) is 0 Å². The Hall–Kier alpha value is -2.06. The molecule has 0 saturated carbocycles. The molecule has 1 aromatic carbocycles. The first-order valence-electron chi connectivity index (χ1n) is 10.2. The first-order chi connectivity index (χ1) is 14.1. The number of benzene rings is 1. The van der Waals surface area contributed by atoms with Gasteiger partial charge in [-0.25, -0.2) is 9.48 Å². The Bertz CT molecular complexity index is 841. The summed E-state index contributed by atoms with van der Waals surface area (Å²) in [5.41, 5.74) is 1.17. The Labute approximate surface area is 176 Å². The lowest BCUT2D eigenvalue weighted by Gasteiger charge is -2.31. The van der Waals surface area contributed by atoms with Gasteiger partial charge in [0, 0.05) is 38.4 Å². The largest absolute Gasteiger partial charge is 0.383 e. The van der Waals surface area contributed by atoms with Crippen LogP contribution in [0.4, 0.5) is 0 Å². The van der Waals surface area contributed by atoms with Gasteiger partial charge >= 0.3 is 5.69 Å². The van der Waals surface area contributed by atoms with Crippen LogP contribution in [-0.4, -0.2) is 57.7 Å². The van der Waals surface area contributed by atoms with Crippen molar-refractivity contribution < 1.29 is 9.53 Å². The van der Waals surface area contributed by atoms with E-state index in [2.05, 4.69) is 17.2 Å². The molecular weight excluding hydrogens is 388 g/mol. The normalized spacial score (nSPS) is 15.0. The number of carbonyl (C=O) groups is 1. The molecule has 1 amide bonds. The Kier molecular flexibility index (Phi) is 7.94. The summed E-state index contributed by atoms with van der Waals surface area (Å²) in [7, 11) is 1.62. The van der Waals surface area contributed by atoms with Gasteiger partial charge in [-0.15, -0.1) is 11.8 Å². The van der Waals surface area contributed by atoms with Crippen molar-refractivity contribution in [3.63, 3.8) is 0 Å². The second-order valence-electron chi connectivity index (χ2n) is 7.23. The quantitative estimate of drug-likeness (QED) is 0.625. The maximum absolute atomic E-state index is 12.5. The third kappa shape index (κ3) is 5.51. The second-order valence-corrected chi connectivity index (χ2v) is 8.22. The highest BCUT2D eigenvalue weighted by molar-refractivity contribution is 7.99. The number of carbonyl (C=O) groups excluding carboxylic acids is 1. The fraction of sp³-hybridized carbons (Fsp3) is 0.571. The summed E-state index contributed by atoms with van der Waals surface area (Å²) >= 11 is 1.66. The van der Waals surface area contributed by atoms with Gasteiger partial charge in [-0.2, -0.15) is 5.10 Å². The van der Waals surface area contributed by atoms with E-state index in [9.17, 15) is 9.59 Å². The number of piperidine rings is 1. The van der Waals surface area contributed by atoms with Crippen LogP contribution < -0.4 is 5.69 Å². The molecule has 0 aliphatic carbocycles. The van der Waals surface area contributed by atoms with Gasteiger partial charge in [0.15, 0.2) is 0 Å². The maximum atomic E-state index is 12.5. The summed E-state index contributed by atoms with van der Waals surface area (Å²) in [6.07, 6.45) is 1.69. The molecular formula is C21H30N4O3S. The van der Waals surface area contributed by atoms with Crippen LogP contribution in [0.3, 0.4) is 0 Å². The number of hydrogen-bond donors (Lipinski definition) is 0. The van der Waals surface area contributed by atoms with E-state index in [0.717, 1.165) is 37.5 Å². The zero-order chi connectivity index (χ0) is 20.6. The van der Waals surface area contributed by atoms with Crippen LogP contribution in [0.15, 0.2) is 35.1 Å². The van der Waals surface area contributed by atoms with Crippen LogP contribution in [0.25, 0.3) is 0 Å². The number of nitrogens with zero attached hydrogens (tertiary/aromatic N) is 4. The molecule has 0 N–H and O–H groups in total. The molecule has 3 rings (SSSR count). The predicted octanol–water partition coefficient (Wildman–Crippen LogP) is 2.35. The highest BCUT2D eigenvalue weighted by atomic mass is 32.2. The van der Waals surface area contributed by atoms with Crippen molar-refractivity contribution in [2.24, 2.45) is 0 Å². The van der Waals surface area contributed by atoms with Crippen LogP contribution in [0.2, 0.25) is 0 Å². The van der Waals surface area contributed by atoms with E-state index < -0.39 is 0 Å². The zero-order valence-electron chi connectivity index (χ0n) is 17.2. The minimum absolute atomic E-state index is 0.0737. The molecule has 1 aliphatic rings. The molecule has 0 bridgehead atoms. The number of likely N-dealkylation sites (tertiary alicyclic amines) is 1. The Morgan fingerprint density at radius 2 is 1.97 bits per heavy atom. The number of rotatable bonds is 9. The minimum Gasteiger partial charge on any atom is -0.383 e. The Balaban J connectivity index is 1.52. The number of aromatic nitrogens is 3. The van der Waals surface area contributed by atoms with Crippen molar-refractivity contribution in [3.8, 4) is 0 Å². The lowest BCUT2D eigenvalue weighted by atomic mass is 9.96. The third-order valence-electron chi connectivity index (χ3n) is 5.32. The molecule has 1 saturated heterocycles. The van der Waals surface area contributed by atoms with Gasteiger partial charge in [0.05, 0.1) is 18.9 Å². The topological polar surface area (TPSA) is 69.4 Å². The average molecular weight is 419 g/mol. The molecule has 1 aliphatic heterocycles. The fourth-order valence-electron chi connectivity index (χ4n) is 3.69. The molecule has 158 valence electrons. The van der Waals surface area contributed by atoms with Crippen LogP contribution in [-0.2, 0) is 28.4 Å². The Morgan fingerprint density at radius 1 is 1.24 bits per heavy atom. The van der Waals surface area contributed by atoms with Gasteiger partial charge in [-0.3, -0.25) is 9.36 Å². The zero-order valence-corrected chi connectivity index (χ0v) is 18.1. The van der Waals surface area contributed by atoms with Crippen molar-refractivity contribution in [3.05, 3.63) is 52.2 Å². The first-order valence-corrected chi connectivity index (χ1v) is 11.4. The SMILES string of the molecule is CCn1c(C2CCN(C(=O)CSCc3ccccc3)CC2)nn(CCOC)c1=O. The van der Waals surface area contributed by atoms with Crippen molar-refractivity contribution in [1.29, 1.82) is 0 Å². The van der Waals surface area contributed by atoms with Gasteiger partial charge in [0.25, 0.3) is 0 Å². The van der Waals surface area contributed by atoms with Crippen molar-refractivity contribution in [2.75, 3.05) is 32.6 Å². The number of ether oxygens (including phenoxy) is 1. The number of methoxy groups -OCH3 is 1. The molecule has 2 heterocycles. The van der Waals surface area contributed by atoms with E-state index in [-0.39, 0.29) is 17.5 Å². The van der Waals surface area contributed by atoms with E-state index >= 15 is 0 Å². The van der Waals surface area contributed by atoms with Crippen molar-refractivity contribution in [1.82, 2.24) is 19.2 Å². The molecule has 1 fully saturated rings. The molecule has 0 radical (unpaired) electrons. The number of thioether (sulfide) groups is 1. The van der Waals surface area contributed by atoms with E-state index in [1.807, 2.05) is 30.0 Å². The number of hydrogen-bond acceptors (Lipinski definition) is 5. The highest BCUT2D eigenvalue weighted by Crippen LogP contribution is 2.26. The predicted molar refractivity (Wildman–Crippen MR) is 115 cm³/mol. The molecule has 0 unspecified atom stereocenters. The molecule has 8 heteroatoms. The molecule has 2 aromatic rings. The van der Waals surface area contributed by atoms with E-state index in [1.54, 1.807) is 23.4 Å². The molecule has 7 nitrogen and oxygen atoms in total. The molecule has 0 atom stereocenters. The average Bonchev–Trinajstić information content (AvgIpc) is 3.08. The van der Waals surface area contributed by atoms with E-state index in [4.69, 9.17) is 4.74 Å². The summed E-state index contributed by atoms with van der Waals surface area (Å²) in [6, 6.07) is 10.2. The number of amides is 1. The lowest BCUT2D eigenvalue weighted by Crippen LogP contribution is -2.39.